The zero-order valence-electron chi connectivity index (χ0n) is 22.2. The van der Waals surface area contributed by atoms with Crippen molar-refractivity contribution in [2.75, 3.05) is 5.75 Å². The molecule has 15 heteroatoms. The lowest BCUT2D eigenvalue weighted by atomic mass is 10.0. The van der Waals surface area contributed by atoms with Crippen molar-refractivity contribution < 1.29 is 34.8 Å². The molecule has 4 heterocycles. The lowest BCUT2D eigenvalue weighted by molar-refractivity contribution is -0.161. The highest BCUT2D eigenvalue weighted by molar-refractivity contribution is 7.91. The van der Waals surface area contributed by atoms with Crippen molar-refractivity contribution in [1.29, 1.82) is 0 Å². The van der Waals surface area contributed by atoms with Crippen LogP contribution in [-0.2, 0) is 28.5 Å². The minimum absolute atomic E-state index is 0.0711. The summed E-state index contributed by atoms with van der Waals surface area (Å²) in [7, 11) is -2.67. The highest BCUT2D eigenvalue weighted by atomic mass is 32.2. The third-order valence-corrected chi connectivity index (χ3v) is 9.63. The molecule has 0 amide bonds. The Morgan fingerprint density at radius 2 is 1.74 bits per heavy atom. The predicted molar refractivity (Wildman–Crippen MR) is 139 cm³/mol. The van der Waals surface area contributed by atoms with E-state index in [0.717, 1.165) is 6.07 Å². The van der Waals surface area contributed by atoms with E-state index in [1.54, 1.807) is 0 Å². The second kappa shape index (κ2) is 9.12. The maximum absolute atomic E-state index is 13.9. The number of aromatic nitrogens is 5. The molecule has 2 fully saturated rings. The Bertz CT molecular complexity index is 1920. The normalized spacial score (nSPS) is 17.1. The standard InChI is InChI=1S/C27H23F6N5O3S/c1-3-42(40,41)18-11-14(16-5-4-6-19(35-16)25(9-10-25)27(31,32)33)13-34-21(18)23-36-17-12-20(26(28,29)30)38(15-7-8-15)24(39)22(17)37(23)2/h4-6,11-13,15H,3,7-10H2,1-2H3. The van der Waals surface area contributed by atoms with Gasteiger partial charge in [-0.2, -0.15) is 26.3 Å². The maximum Gasteiger partial charge on any atom is 0.431 e. The number of aryl methyl sites for hydroxylation is 1. The Morgan fingerprint density at radius 1 is 1.05 bits per heavy atom. The zero-order chi connectivity index (χ0) is 30.4. The molecule has 222 valence electrons. The van der Waals surface area contributed by atoms with E-state index in [1.807, 2.05) is 0 Å². The van der Waals surface area contributed by atoms with E-state index in [0.29, 0.717) is 17.4 Å². The van der Waals surface area contributed by atoms with Crippen LogP contribution in [0.4, 0.5) is 26.3 Å². The van der Waals surface area contributed by atoms with E-state index in [2.05, 4.69) is 15.0 Å². The van der Waals surface area contributed by atoms with Gasteiger partial charge in [0, 0.05) is 24.8 Å². The minimum atomic E-state index is -4.82. The predicted octanol–water partition coefficient (Wildman–Crippen LogP) is 5.60. The largest absolute Gasteiger partial charge is 0.431 e. The van der Waals surface area contributed by atoms with E-state index >= 15 is 0 Å². The maximum atomic E-state index is 13.9. The Hall–Kier alpha value is -3.75. The van der Waals surface area contributed by atoms with Gasteiger partial charge < -0.3 is 4.57 Å². The molecule has 0 aliphatic heterocycles. The molecule has 0 bridgehead atoms. The van der Waals surface area contributed by atoms with Crippen LogP contribution in [0.1, 0.15) is 50.0 Å². The zero-order valence-corrected chi connectivity index (χ0v) is 23.0. The molecular formula is C27H23F6N5O3S. The van der Waals surface area contributed by atoms with Crippen LogP contribution in [0.15, 0.2) is 46.2 Å². The van der Waals surface area contributed by atoms with Crippen molar-refractivity contribution in [3.8, 4) is 22.8 Å². The lowest BCUT2D eigenvalue weighted by Gasteiger charge is -2.19. The smallest absolute Gasteiger partial charge is 0.321 e. The van der Waals surface area contributed by atoms with Crippen LogP contribution in [-0.4, -0.2) is 44.4 Å². The van der Waals surface area contributed by atoms with Crippen LogP contribution in [0.3, 0.4) is 0 Å². The summed E-state index contributed by atoms with van der Waals surface area (Å²) in [6.07, 6.45) is -7.48. The van der Waals surface area contributed by atoms with Crippen LogP contribution >= 0.6 is 0 Å². The highest BCUT2D eigenvalue weighted by Gasteiger charge is 2.65. The van der Waals surface area contributed by atoms with Gasteiger partial charge in [-0.15, -0.1) is 0 Å². The van der Waals surface area contributed by atoms with Crippen molar-refractivity contribution in [2.45, 2.75) is 61.3 Å². The number of alkyl halides is 6. The molecule has 2 saturated carbocycles. The lowest BCUT2D eigenvalue weighted by Crippen LogP contribution is -2.29. The molecule has 0 N–H and O–H groups in total. The van der Waals surface area contributed by atoms with Gasteiger partial charge in [0.25, 0.3) is 5.56 Å². The van der Waals surface area contributed by atoms with Crippen LogP contribution < -0.4 is 5.56 Å². The molecule has 4 aromatic rings. The van der Waals surface area contributed by atoms with Gasteiger partial charge in [-0.1, -0.05) is 13.0 Å². The van der Waals surface area contributed by atoms with E-state index in [4.69, 9.17) is 0 Å². The van der Waals surface area contributed by atoms with E-state index < -0.39 is 44.9 Å². The van der Waals surface area contributed by atoms with E-state index in [1.165, 1.54) is 49.0 Å². The first kappa shape index (κ1) is 28.4. The third-order valence-electron chi connectivity index (χ3n) is 7.89. The van der Waals surface area contributed by atoms with Crippen LogP contribution in [0.5, 0.6) is 0 Å². The number of halogens is 6. The van der Waals surface area contributed by atoms with Gasteiger partial charge in [0.1, 0.15) is 22.3 Å². The summed E-state index contributed by atoms with van der Waals surface area (Å²) in [4.78, 5) is 25.6. The summed E-state index contributed by atoms with van der Waals surface area (Å²) in [5, 5.41) is 0. The SMILES string of the molecule is CCS(=O)(=O)c1cc(-c2cccc(C3(C(F)(F)F)CC3)n2)cnc1-c1nc2cc(C(F)(F)F)n(C3CC3)c(=O)c2n1C. The van der Waals surface area contributed by atoms with Gasteiger partial charge in [-0.3, -0.25) is 19.3 Å². The summed E-state index contributed by atoms with van der Waals surface area (Å²) < 4.78 is 111. The molecule has 2 aliphatic carbocycles. The number of fused-ring (bicyclic) bond motifs is 1. The number of hydrogen-bond acceptors (Lipinski definition) is 6. The number of rotatable bonds is 6. The molecular weight excluding hydrogens is 588 g/mol. The topological polar surface area (TPSA) is 99.7 Å². The number of hydrogen-bond donors (Lipinski definition) is 0. The molecule has 0 aromatic carbocycles. The van der Waals surface area contributed by atoms with Crippen molar-refractivity contribution in [3.63, 3.8) is 0 Å². The molecule has 0 unspecified atom stereocenters. The number of pyridine rings is 3. The summed E-state index contributed by atoms with van der Waals surface area (Å²) in [5.74, 6) is -0.537. The van der Waals surface area contributed by atoms with Gasteiger partial charge in [0.2, 0.25) is 0 Å². The average molecular weight is 612 g/mol. The summed E-state index contributed by atoms with van der Waals surface area (Å²) in [6, 6.07) is 5.50. The molecule has 0 spiro atoms. The molecule has 42 heavy (non-hydrogen) atoms. The molecule has 0 saturated heterocycles. The summed E-state index contributed by atoms with van der Waals surface area (Å²) in [6.45, 7) is 1.38. The Kier molecular flexibility index (Phi) is 6.16. The second-order valence-electron chi connectivity index (χ2n) is 10.6. The summed E-state index contributed by atoms with van der Waals surface area (Å²) in [5.41, 5.74) is -4.72. The van der Waals surface area contributed by atoms with Crippen molar-refractivity contribution in [2.24, 2.45) is 7.05 Å². The van der Waals surface area contributed by atoms with Gasteiger partial charge in [0.05, 0.1) is 27.6 Å². The first-order valence-electron chi connectivity index (χ1n) is 13.1. The third kappa shape index (κ3) is 4.39. The first-order valence-corrected chi connectivity index (χ1v) is 14.7. The van der Waals surface area contributed by atoms with E-state index in [-0.39, 0.29) is 63.0 Å². The van der Waals surface area contributed by atoms with Crippen LogP contribution in [0.25, 0.3) is 33.8 Å². The van der Waals surface area contributed by atoms with Crippen LogP contribution in [0.2, 0.25) is 0 Å². The number of nitrogens with zero attached hydrogens (tertiary/aromatic N) is 5. The van der Waals surface area contributed by atoms with Crippen molar-refractivity contribution in [3.05, 3.63) is 58.3 Å². The fourth-order valence-electron chi connectivity index (χ4n) is 5.24. The van der Waals surface area contributed by atoms with Gasteiger partial charge in [0.15, 0.2) is 15.7 Å². The fraction of sp³-hybridized carbons (Fsp3) is 0.407. The molecule has 0 atom stereocenters. The van der Waals surface area contributed by atoms with Gasteiger partial charge in [-0.25, -0.2) is 13.4 Å². The second-order valence-corrected chi connectivity index (χ2v) is 12.9. The van der Waals surface area contributed by atoms with E-state index in [9.17, 15) is 39.6 Å². The minimum Gasteiger partial charge on any atom is -0.321 e. The highest BCUT2D eigenvalue weighted by Crippen LogP contribution is 2.58. The van der Waals surface area contributed by atoms with Crippen LogP contribution in [0, 0.1) is 0 Å². The molecule has 8 nitrogen and oxygen atoms in total. The molecule has 6 rings (SSSR count). The Morgan fingerprint density at radius 3 is 2.31 bits per heavy atom. The Balaban J connectivity index is 1.53. The Labute approximate surface area is 235 Å². The molecule has 2 aliphatic rings. The van der Waals surface area contributed by atoms with Crippen molar-refractivity contribution in [1.82, 2.24) is 24.1 Å². The first-order chi connectivity index (χ1) is 19.6. The summed E-state index contributed by atoms with van der Waals surface area (Å²) >= 11 is 0. The van der Waals surface area contributed by atoms with Crippen molar-refractivity contribution >= 4 is 20.9 Å². The average Bonchev–Trinajstić information content (AvgIpc) is 3.85. The number of sulfone groups is 1. The fourth-order valence-corrected chi connectivity index (χ4v) is 6.29. The van der Waals surface area contributed by atoms with Gasteiger partial charge in [-0.05, 0) is 49.9 Å². The number of imidazole rings is 1. The molecule has 0 radical (unpaired) electrons. The monoisotopic (exact) mass is 611 g/mol. The quantitative estimate of drug-likeness (QED) is 0.263. The van der Waals surface area contributed by atoms with Gasteiger partial charge >= 0.3 is 12.4 Å². The molecule has 4 aromatic heterocycles.